The van der Waals surface area contributed by atoms with E-state index in [0.717, 1.165) is 19.4 Å². The summed E-state index contributed by atoms with van der Waals surface area (Å²) in [4.78, 5) is 14.5. The fraction of sp³-hybridized carbons (Fsp3) is 0.938. The molecule has 0 bridgehead atoms. The van der Waals surface area contributed by atoms with Crippen LogP contribution in [0.2, 0.25) is 0 Å². The van der Waals surface area contributed by atoms with Gasteiger partial charge in [-0.3, -0.25) is 4.79 Å². The number of carbonyl (C=O) groups excluding carboxylic acids is 1. The molecule has 1 heterocycles. The third-order valence-electron chi connectivity index (χ3n) is 5.31. The molecule has 0 aromatic heterocycles. The van der Waals surface area contributed by atoms with Crippen molar-refractivity contribution in [3.63, 3.8) is 0 Å². The lowest BCUT2D eigenvalue weighted by atomic mass is 9.54. The van der Waals surface area contributed by atoms with Crippen LogP contribution in [-0.4, -0.2) is 55.4 Å². The molecule has 0 spiro atoms. The lowest BCUT2D eigenvalue weighted by Crippen LogP contribution is -2.76. The molecule has 1 amide bonds. The normalized spacial score (nSPS) is 35.1. The molecular formula is C16H30N2O3. The molecule has 2 rings (SSSR count). The first-order chi connectivity index (χ1) is 9.83. The van der Waals surface area contributed by atoms with Crippen LogP contribution in [0.25, 0.3) is 0 Å². The summed E-state index contributed by atoms with van der Waals surface area (Å²) in [6, 6.07) is 0. The average Bonchev–Trinajstić information content (AvgIpc) is 2.47. The minimum Gasteiger partial charge on any atom is -0.378 e. The fourth-order valence-electron chi connectivity index (χ4n) is 3.48. The molecular weight excluding hydrogens is 268 g/mol. The number of rotatable bonds is 5. The Morgan fingerprint density at radius 2 is 2.14 bits per heavy atom. The molecule has 2 fully saturated rings. The van der Waals surface area contributed by atoms with Crippen molar-refractivity contribution in [3.8, 4) is 0 Å². The number of amides is 1. The van der Waals surface area contributed by atoms with Crippen molar-refractivity contribution in [2.45, 2.75) is 64.2 Å². The summed E-state index contributed by atoms with van der Waals surface area (Å²) in [6.07, 6.45) is 4.15. The summed E-state index contributed by atoms with van der Waals surface area (Å²) in [5.74, 6) is 0.0117. The summed E-state index contributed by atoms with van der Waals surface area (Å²) in [5.41, 5.74) is 5.28. The first-order valence-corrected chi connectivity index (χ1v) is 8.10. The second kappa shape index (κ2) is 6.23. The molecule has 2 aliphatic rings. The molecule has 1 aliphatic carbocycles. The number of nitrogens with two attached hydrogens (primary N) is 1. The van der Waals surface area contributed by atoms with E-state index in [9.17, 15) is 4.79 Å². The highest BCUT2D eigenvalue weighted by Gasteiger charge is 2.63. The Morgan fingerprint density at radius 1 is 1.43 bits per heavy atom. The number of hydrogen-bond acceptors (Lipinski definition) is 4. The molecule has 0 radical (unpaired) electrons. The van der Waals surface area contributed by atoms with Crippen molar-refractivity contribution < 1.29 is 14.3 Å². The highest BCUT2D eigenvalue weighted by atomic mass is 16.5. The maximum absolute atomic E-state index is 12.8. The van der Waals surface area contributed by atoms with E-state index < -0.39 is 5.54 Å². The molecule has 0 aromatic rings. The predicted octanol–water partition coefficient (Wildman–Crippen LogP) is 1.55. The van der Waals surface area contributed by atoms with Crippen molar-refractivity contribution in [3.05, 3.63) is 0 Å². The highest BCUT2D eigenvalue weighted by Crippen LogP contribution is 2.50. The van der Waals surface area contributed by atoms with E-state index in [4.69, 9.17) is 15.2 Å². The van der Waals surface area contributed by atoms with Gasteiger partial charge in [0, 0.05) is 38.6 Å². The highest BCUT2D eigenvalue weighted by molar-refractivity contribution is 5.88. The van der Waals surface area contributed by atoms with Crippen molar-refractivity contribution in [1.82, 2.24) is 4.90 Å². The Bertz CT molecular complexity index is 380. The number of ether oxygens (including phenoxy) is 2. The summed E-state index contributed by atoms with van der Waals surface area (Å²) >= 11 is 0. The van der Waals surface area contributed by atoms with Gasteiger partial charge in [0.2, 0.25) is 5.91 Å². The lowest BCUT2D eigenvalue weighted by Gasteiger charge is -2.58. The molecule has 1 saturated carbocycles. The van der Waals surface area contributed by atoms with Crippen LogP contribution in [0.1, 0.15) is 46.5 Å². The van der Waals surface area contributed by atoms with Crippen molar-refractivity contribution in [2.24, 2.45) is 11.1 Å². The van der Waals surface area contributed by atoms with Gasteiger partial charge in [0.25, 0.3) is 0 Å². The van der Waals surface area contributed by atoms with Gasteiger partial charge in [-0.1, -0.05) is 13.8 Å². The Kier molecular flexibility index (Phi) is 4.96. The summed E-state index contributed by atoms with van der Waals surface area (Å²) in [7, 11) is 1.83. The van der Waals surface area contributed by atoms with Crippen LogP contribution in [0.4, 0.5) is 0 Å². The van der Waals surface area contributed by atoms with Gasteiger partial charge >= 0.3 is 0 Å². The van der Waals surface area contributed by atoms with Gasteiger partial charge in [0.15, 0.2) is 0 Å². The average molecular weight is 298 g/mol. The molecule has 1 aliphatic heterocycles. The lowest BCUT2D eigenvalue weighted by molar-refractivity contribution is -0.179. The van der Waals surface area contributed by atoms with Crippen LogP contribution in [0.3, 0.4) is 0 Å². The van der Waals surface area contributed by atoms with E-state index in [1.54, 1.807) is 4.90 Å². The number of nitrogens with zero attached hydrogens (tertiary/aromatic N) is 1. The SMILES string of the molecule is CCOC1CC(N)(C(=O)N(C)CC2CCCCO2)C1(C)C. The van der Waals surface area contributed by atoms with Gasteiger partial charge in [-0.05, 0) is 26.2 Å². The Hall–Kier alpha value is -0.650. The number of hydrogen-bond donors (Lipinski definition) is 1. The third-order valence-corrected chi connectivity index (χ3v) is 5.31. The Balaban J connectivity index is 1.95. The van der Waals surface area contributed by atoms with E-state index in [1.165, 1.54) is 6.42 Å². The van der Waals surface area contributed by atoms with Gasteiger partial charge in [-0.2, -0.15) is 0 Å². The topological polar surface area (TPSA) is 64.8 Å². The zero-order valence-corrected chi connectivity index (χ0v) is 13.9. The summed E-state index contributed by atoms with van der Waals surface area (Å²) in [5, 5.41) is 0. The van der Waals surface area contributed by atoms with Gasteiger partial charge < -0.3 is 20.1 Å². The quantitative estimate of drug-likeness (QED) is 0.836. The van der Waals surface area contributed by atoms with E-state index in [2.05, 4.69) is 0 Å². The Morgan fingerprint density at radius 3 is 2.67 bits per heavy atom. The van der Waals surface area contributed by atoms with Crippen LogP contribution >= 0.6 is 0 Å². The third kappa shape index (κ3) is 2.96. The first-order valence-electron chi connectivity index (χ1n) is 8.10. The van der Waals surface area contributed by atoms with Crippen LogP contribution in [-0.2, 0) is 14.3 Å². The van der Waals surface area contributed by atoms with Gasteiger partial charge in [0.1, 0.15) is 5.54 Å². The smallest absolute Gasteiger partial charge is 0.243 e. The minimum absolute atomic E-state index is 0.0117. The molecule has 2 N–H and O–H groups in total. The maximum Gasteiger partial charge on any atom is 0.243 e. The molecule has 3 unspecified atom stereocenters. The van der Waals surface area contributed by atoms with Crippen molar-refractivity contribution in [1.29, 1.82) is 0 Å². The molecule has 21 heavy (non-hydrogen) atoms. The van der Waals surface area contributed by atoms with Crippen molar-refractivity contribution >= 4 is 5.91 Å². The largest absolute Gasteiger partial charge is 0.378 e. The minimum atomic E-state index is -0.823. The van der Waals surface area contributed by atoms with Crippen LogP contribution in [0, 0.1) is 5.41 Å². The predicted molar refractivity (Wildman–Crippen MR) is 82.0 cm³/mol. The summed E-state index contributed by atoms with van der Waals surface area (Å²) in [6.45, 7) is 8.12. The second-order valence-corrected chi connectivity index (χ2v) is 7.02. The summed E-state index contributed by atoms with van der Waals surface area (Å²) < 4.78 is 11.4. The van der Waals surface area contributed by atoms with E-state index in [-0.39, 0.29) is 23.5 Å². The first kappa shape index (κ1) is 16.7. The van der Waals surface area contributed by atoms with E-state index in [0.29, 0.717) is 19.6 Å². The zero-order chi connectivity index (χ0) is 15.7. The molecule has 5 heteroatoms. The van der Waals surface area contributed by atoms with Crippen LogP contribution in [0.15, 0.2) is 0 Å². The second-order valence-electron chi connectivity index (χ2n) is 7.02. The number of likely N-dealkylation sites (N-methyl/N-ethyl adjacent to an activating group) is 1. The monoisotopic (exact) mass is 298 g/mol. The molecule has 1 saturated heterocycles. The van der Waals surface area contributed by atoms with Crippen molar-refractivity contribution in [2.75, 3.05) is 26.8 Å². The molecule has 0 aromatic carbocycles. The number of carbonyl (C=O) groups is 1. The van der Waals surface area contributed by atoms with Gasteiger partial charge in [0.05, 0.1) is 12.2 Å². The van der Waals surface area contributed by atoms with Crippen LogP contribution < -0.4 is 5.73 Å². The maximum atomic E-state index is 12.8. The molecule has 5 nitrogen and oxygen atoms in total. The molecule has 3 atom stereocenters. The van der Waals surface area contributed by atoms with E-state index >= 15 is 0 Å². The van der Waals surface area contributed by atoms with Gasteiger partial charge in [-0.25, -0.2) is 0 Å². The van der Waals surface area contributed by atoms with Crippen LogP contribution in [0.5, 0.6) is 0 Å². The van der Waals surface area contributed by atoms with Gasteiger partial charge in [-0.15, -0.1) is 0 Å². The molecule has 122 valence electrons. The Labute approximate surface area is 128 Å². The zero-order valence-electron chi connectivity index (χ0n) is 13.9. The standard InChI is InChI=1S/C16H30N2O3/c1-5-20-13-10-16(17,15(13,2)3)14(19)18(4)11-12-8-6-7-9-21-12/h12-13H,5-11,17H2,1-4H3. The fourth-order valence-corrected chi connectivity index (χ4v) is 3.48. The van der Waals surface area contributed by atoms with E-state index in [1.807, 2.05) is 27.8 Å².